The second kappa shape index (κ2) is 6.66. The summed E-state index contributed by atoms with van der Waals surface area (Å²) in [6.07, 6.45) is 2.29. The third kappa shape index (κ3) is 3.38. The highest BCUT2D eigenvalue weighted by Crippen LogP contribution is 2.41. The van der Waals surface area contributed by atoms with Crippen molar-refractivity contribution in [2.75, 3.05) is 11.1 Å². The van der Waals surface area contributed by atoms with Crippen LogP contribution in [-0.4, -0.2) is 31.4 Å². The third-order valence-corrected chi connectivity index (χ3v) is 6.20. The zero-order valence-electron chi connectivity index (χ0n) is 12.9. The summed E-state index contributed by atoms with van der Waals surface area (Å²) in [7, 11) is 0. The summed E-state index contributed by atoms with van der Waals surface area (Å²) in [6.45, 7) is 1.91. The van der Waals surface area contributed by atoms with Crippen molar-refractivity contribution < 1.29 is 4.79 Å². The van der Waals surface area contributed by atoms with E-state index in [4.69, 9.17) is 0 Å². The number of amides is 1. The molecule has 124 valence electrons. The van der Waals surface area contributed by atoms with Gasteiger partial charge in [-0.05, 0) is 31.2 Å². The van der Waals surface area contributed by atoms with Crippen molar-refractivity contribution in [1.82, 2.24) is 19.7 Å². The van der Waals surface area contributed by atoms with Gasteiger partial charge < -0.3 is 5.32 Å². The zero-order chi connectivity index (χ0) is 16.5. The van der Waals surface area contributed by atoms with E-state index in [2.05, 4.69) is 31.1 Å². The van der Waals surface area contributed by atoms with Crippen LogP contribution in [0.3, 0.4) is 0 Å². The molecule has 6 nitrogen and oxygen atoms in total. The number of aromatic nitrogens is 4. The van der Waals surface area contributed by atoms with Gasteiger partial charge in [0.2, 0.25) is 5.91 Å². The summed E-state index contributed by atoms with van der Waals surface area (Å²) in [5.74, 6) is 1.14. The van der Waals surface area contributed by atoms with Gasteiger partial charge in [-0.25, -0.2) is 4.98 Å². The first-order valence-electron chi connectivity index (χ1n) is 7.54. The van der Waals surface area contributed by atoms with E-state index >= 15 is 0 Å². The average molecular weight is 378 g/mol. The molecule has 4 rings (SSSR count). The lowest BCUT2D eigenvalue weighted by Gasteiger charge is -2.07. The van der Waals surface area contributed by atoms with Gasteiger partial charge in [0.05, 0.1) is 16.3 Å². The molecule has 0 unspecified atom stereocenters. The Bertz CT molecular complexity index is 850. The lowest BCUT2D eigenvalue weighted by atomic mass is 10.4. The van der Waals surface area contributed by atoms with Gasteiger partial charge in [-0.2, -0.15) is 0 Å². The van der Waals surface area contributed by atoms with Crippen LogP contribution in [0.5, 0.6) is 0 Å². The van der Waals surface area contributed by atoms with Crippen LogP contribution >= 0.6 is 34.4 Å². The SMILES string of the molecule is Cc1csc(NC(=O)CSc2nnc(-c3cccs3)n2C2CC2)n1. The molecule has 0 bridgehead atoms. The maximum Gasteiger partial charge on any atom is 0.236 e. The number of carbonyl (C=O) groups is 1. The van der Waals surface area contributed by atoms with Crippen LogP contribution in [0.1, 0.15) is 24.6 Å². The predicted molar refractivity (Wildman–Crippen MR) is 97.8 cm³/mol. The quantitative estimate of drug-likeness (QED) is 0.661. The van der Waals surface area contributed by atoms with Crippen LogP contribution in [0, 0.1) is 6.92 Å². The second-order valence-electron chi connectivity index (χ2n) is 5.52. The first-order valence-corrected chi connectivity index (χ1v) is 10.3. The van der Waals surface area contributed by atoms with Crippen LogP contribution in [0.2, 0.25) is 0 Å². The van der Waals surface area contributed by atoms with Gasteiger partial charge in [0.25, 0.3) is 0 Å². The molecule has 0 saturated heterocycles. The lowest BCUT2D eigenvalue weighted by molar-refractivity contribution is -0.113. The largest absolute Gasteiger partial charge is 0.301 e. The third-order valence-electron chi connectivity index (χ3n) is 3.52. The number of carbonyl (C=O) groups excluding carboxylic acids is 1. The number of thioether (sulfide) groups is 1. The normalized spacial score (nSPS) is 14.0. The Labute approximate surface area is 151 Å². The standard InChI is InChI=1S/C15H15N5OS3/c1-9-7-23-14(16-9)17-12(21)8-24-15-19-18-13(11-3-2-6-22-11)20(15)10-4-5-10/h2-3,6-7,10H,4-5,8H2,1H3,(H,16,17,21). The van der Waals surface area contributed by atoms with Gasteiger partial charge >= 0.3 is 0 Å². The molecule has 0 radical (unpaired) electrons. The van der Waals surface area contributed by atoms with E-state index < -0.39 is 0 Å². The van der Waals surface area contributed by atoms with Crippen molar-refractivity contribution in [3.8, 4) is 10.7 Å². The van der Waals surface area contributed by atoms with E-state index in [1.165, 1.54) is 23.1 Å². The highest BCUT2D eigenvalue weighted by Gasteiger charge is 2.30. The Morgan fingerprint density at radius 1 is 1.42 bits per heavy atom. The number of nitrogens with zero attached hydrogens (tertiary/aromatic N) is 4. The van der Waals surface area contributed by atoms with Crippen molar-refractivity contribution in [3.63, 3.8) is 0 Å². The Balaban J connectivity index is 1.46. The molecule has 3 aromatic heterocycles. The van der Waals surface area contributed by atoms with Crippen molar-refractivity contribution in [2.45, 2.75) is 31.0 Å². The monoisotopic (exact) mass is 377 g/mol. The van der Waals surface area contributed by atoms with Crippen LogP contribution in [0.25, 0.3) is 10.7 Å². The fourth-order valence-electron chi connectivity index (χ4n) is 2.31. The average Bonchev–Trinajstić information content (AvgIpc) is 2.98. The highest BCUT2D eigenvalue weighted by molar-refractivity contribution is 7.99. The summed E-state index contributed by atoms with van der Waals surface area (Å²) in [5, 5.41) is 16.9. The molecule has 0 spiro atoms. The molecule has 0 aromatic carbocycles. The molecule has 1 amide bonds. The molecule has 24 heavy (non-hydrogen) atoms. The minimum absolute atomic E-state index is 0.0719. The van der Waals surface area contributed by atoms with Crippen LogP contribution in [0.15, 0.2) is 28.0 Å². The molecular formula is C15H15N5OS3. The van der Waals surface area contributed by atoms with E-state index in [0.717, 1.165) is 34.4 Å². The van der Waals surface area contributed by atoms with Crippen LogP contribution < -0.4 is 5.32 Å². The van der Waals surface area contributed by atoms with Gasteiger partial charge in [-0.1, -0.05) is 17.8 Å². The van der Waals surface area contributed by atoms with Gasteiger partial charge in [0.1, 0.15) is 0 Å². The number of nitrogens with one attached hydrogen (secondary N) is 1. The number of hydrogen-bond donors (Lipinski definition) is 1. The van der Waals surface area contributed by atoms with Gasteiger partial charge in [-0.15, -0.1) is 32.9 Å². The van der Waals surface area contributed by atoms with Crippen LogP contribution in [-0.2, 0) is 4.79 Å². The number of hydrogen-bond acceptors (Lipinski definition) is 7. The Hall–Kier alpha value is -1.71. The van der Waals surface area contributed by atoms with Crippen molar-refractivity contribution in [3.05, 3.63) is 28.6 Å². The Morgan fingerprint density at radius 3 is 2.96 bits per heavy atom. The van der Waals surface area contributed by atoms with Crippen molar-refractivity contribution in [1.29, 1.82) is 0 Å². The van der Waals surface area contributed by atoms with E-state index in [1.54, 1.807) is 11.3 Å². The summed E-state index contributed by atoms with van der Waals surface area (Å²) < 4.78 is 2.18. The van der Waals surface area contributed by atoms with Gasteiger partial charge in [-0.3, -0.25) is 9.36 Å². The highest BCUT2D eigenvalue weighted by atomic mass is 32.2. The molecule has 0 aliphatic heterocycles. The number of thiazole rings is 1. The van der Waals surface area contributed by atoms with Crippen LogP contribution in [0.4, 0.5) is 5.13 Å². The summed E-state index contributed by atoms with van der Waals surface area (Å²) in [6, 6.07) is 4.53. The number of thiophene rings is 1. The lowest BCUT2D eigenvalue weighted by Crippen LogP contribution is -2.14. The first-order chi connectivity index (χ1) is 11.7. The van der Waals surface area contributed by atoms with E-state index in [9.17, 15) is 4.79 Å². The first kappa shape index (κ1) is 15.8. The topological polar surface area (TPSA) is 72.7 Å². The van der Waals surface area contributed by atoms with E-state index in [0.29, 0.717) is 16.9 Å². The molecular weight excluding hydrogens is 362 g/mol. The van der Waals surface area contributed by atoms with Gasteiger partial charge in [0, 0.05) is 11.4 Å². The molecule has 1 saturated carbocycles. The fraction of sp³-hybridized carbons (Fsp3) is 0.333. The minimum Gasteiger partial charge on any atom is -0.301 e. The number of aryl methyl sites for hydroxylation is 1. The summed E-state index contributed by atoms with van der Waals surface area (Å²) >= 11 is 4.52. The zero-order valence-corrected chi connectivity index (χ0v) is 15.4. The Morgan fingerprint density at radius 2 is 2.29 bits per heavy atom. The van der Waals surface area contributed by atoms with E-state index in [1.807, 2.05) is 23.8 Å². The maximum atomic E-state index is 12.1. The van der Waals surface area contributed by atoms with Crippen molar-refractivity contribution in [2.24, 2.45) is 0 Å². The minimum atomic E-state index is -0.0719. The van der Waals surface area contributed by atoms with Crippen molar-refractivity contribution >= 4 is 45.5 Å². The summed E-state index contributed by atoms with van der Waals surface area (Å²) in [4.78, 5) is 17.5. The van der Waals surface area contributed by atoms with E-state index in [-0.39, 0.29) is 5.91 Å². The molecule has 3 aromatic rings. The summed E-state index contributed by atoms with van der Waals surface area (Å²) in [5.41, 5.74) is 0.914. The predicted octanol–water partition coefficient (Wildman–Crippen LogP) is 3.84. The fourth-order valence-corrected chi connectivity index (χ4v) is 4.52. The van der Waals surface area contributed by atoms with Gasteiger partial charge in [0.15, 0.2) is 16.1 Å². The molecule has 9 heteroatoms. The molecule has 1 fully saturated rings. The smallest absolute Gasteiger partial charge is 0.236 e. The second-order valence-corrected chi connectivity index (χ2v) is 8.26. The molecule has 1 aliphatic rings. The molecule has 1 aliphatic carbocycles. The molecule has 3 heterocycles. The maximum absolute atomic E-state index is 12.1. The Kier molecular flexibility index (Phi) is 4.38. The number of rotatable bonds is 6. The molecule has 0 atom stereocenters. The molecule has 1 N–H and O–H groups in total. The number of anilines is 1.